The van der Waals surface area contributed by atoms with E-state index in [0.29, 0.717) is 13.0 Å². The number of carbonyl (C=O) groups is 3. The Hall–Kier alpha value is -1.28. The highest BCUT2D eigenvalue weighted by molar-refractivity contribution is 8.02. The van der Waals surface area contributed by atoms with Crippen LogP contribution in [-0.2, 0) is 14.4 Å². The normalized spacial score (nSPS) is 32.1. The van der Waals surface area contributed by atoms with Crippen molar-refractivity contribution in [3.8, 4) is 0 Å². The minimum absolute atomic E-state index is 0.0306. The van der Waals surface area contributed by atoms with Crippen molar-refractivity contribution in [2.75, 3.05) is 13.2 Å². The van der Waals surface area contributed by atoms with Crippen molar-refractivity contribution in [2.45, 2.75) is 108 Å². The third-order valence-electron chi connectivity index (χ3n) is 7.35. The number of hydrogen-bond donors (Lipinski definition) is 3. The number of nitrogens with one attached hydrogen (secondary N) is 2. The van der Waals surface area contributed by atoms with Crippen LogP contribution in [0.5, 0.6) is 0 Å². The zero-order chi connectivity index (χ0) is 24.8. The van der Waals surface area contributed by atoms with Crippen LogP contribution in [0.25, 0.3) is 0 Å². The molecule has 3 saturated heterocycles. The highest BCUT2D eigenvalue weighted by Gasteiger charge is 2.74. The van der Waals surface area contributed by atoms with Crippen LogP contribution in [0.3, 0.4) is 0 Å². The lowest BCUT2D eigenvalue weighted by Gasteiger charge is -2.40. The molecule has 0 aromatic carbocycles. The quantitative estimate of drug-likeness (QED) is 0.470. The van der Waals surface area contributed by atoms with Crippen LogP contribution in [0.1, 0.15) is 80.6 Å². The molecule has 33 heavy (non-hydrogen) atoms. The Morgan fingerprint density at radius 1 is 1.21 bits per heavy atom. The highest BCUT2D eigenvalue weighted by atomic mass is 32.2. The van der Waals surface area contributed by atoms with Crippen molar-refractivity contribution in [2.24, 2.45) is 17.3 Å². The summed E-state index contributed by atoms with van der Waals surface area (Å²) in [6, 6.07) is -1.11. The summed E-state index contributed by atoms with van der Waals surface area (Å²) in [5.74, 6) is -1.30. The number of aliphatic hydroxyl groups excluding tert-OH is 1. The summed E-state index contributed by atoms with van der Waals surface area (Å²) >= 11 is 1.68. The molecule has 3 aliphatic rings. The lowest BCUT2D eigenvalue weighted by atomic mass is 9.70. The van der Waals surface area contributed by atoms with E-state index in [-0.39, 0.29) is 35.0 Å². The van der Waals surface area contributed by atoms with Crippen molar-refractivity contribution < 1.29 is 19.5 Å². The zero-order valence-electron chi connectivity index (χ0n) is 21.4. The second-order valence-corrected chi connectivity index (χ2v) is 13.5. The first kappa shape index (κ1) is 26.3. The molecule has 2 unspecified atom stereocenters. The fraction of sp³-hybridized carbons (Fsp3) is 0.880. The van der Waals surface area contributed by atoms with Gasteiger partial charge in [-0.1, -0.05) is 34.6 Å². The van der Waals surface area contributed by atoms with Crippen molar-refractivity contribution in [3.63, 3.8) is 0 Å². The molecule has 0 aromatic heterocycles. The van der Waals surface area contributed by atoms with E-state index in [1.807, 2.05) is 27.7 Å². The molecule has 0 saturated carbocycles. The molecular formula is C25H43N3O4S. The molecule has 7 nitrogen and oxygen atoms in total. The number of likely N-dealkylation sites (tertiary alicyclic amines) is 1. The summed E-state index contributed by atoms with van der Waals surface area (Å²) in [7, 11) is 0. The van der Waals surface area contributed by atoms with E-state index in [2.05, 4.69) is 31.4 Å². The van der Waals surface area contributed by atoms with Gasteiger partial charge in [-0.05, 0) is 51.4 Å². The molecule has 3 rings (SSSR count). The van der Waals surface area contributed by atoms with Crippen LogP contribution in [0.2, 0.25) is 0 Å². The fourth-order valence-corrected chi connectivity index (χ4v) is 8.84. The lowest BCUT2D eigenvalue weighted by Crippen LogP contribution is -2.60. The Balaban J connectivity index is 1.98. The van der Waals surface area contributed by atoms with Gasteiger partial charge in [-0.3, -0.25) is 14.4 Å². The SMILES string of the molecule is CCCNC(=O)[C@@H]1[C@H]2C(=O)N([C@@H](CC)CO)C(C(=O)NC(C)(C)CC(C)(C)C)C23CC[C@H]1S3. The van der Waals surface area contributed by atoms with Gasteiger partial charge in [0, 0.05) is 17.3 Å². The Bertz CT molecular complexity index is 776. The van der Waals surface area contributed by atoms with Crippen LogP contribution in [0, 0.1) is 17.3 Å². The van der Waals surface area contributed by atoms with E-state index in [9.17, 15) is 19.5 Å². The van der Waals surface area contributed by atoms with Crippen LogP contribution in [-0.4, -0.2) is 68.5 Å². The number of fused-ring (bicyclic) bond motifs is 1. The monoisotopic (exact) mass is 481 g/mol. The van der Waals surface area contributed by atoms with Gasteiger partial charge in [0.2, 0.25) is 17.7 Å². The zero-order valence-corrected chi connectivity index (χ0v) is 22.2. The number of rotatable bonds is 9. The van der Waals surface area contributed by atoms with Crippen LogP contribution in [0.4, 0.5) is 0 Å². The molecule has 188 valence electrons. The third kappa shape index (κ3) is 4.79. The summed E-state index contributed by atoms with van der Waals surface area (Å²) in [4.78, 5) is 42.5. The highest BCUT2D eigenvalue weighted by Crippen LogP contribution is 2.66. The summed E-state index contributed by atoms with van der Waals surface area (Å²) in [5, 5.41) is 16.4. The molecule has 3 fully saturated rings. The average molecular weight is 482 g/mol. The van der Waals surface area contributed by atoms with Crippen molar-refractivity contribution in [1.82, 2.24) is 15.5 Å². The van der Waals surface area contributed by atoms with Gasteiger partial charge in [0.1, 0.15) is 6.04 Å². The molecule has 2 bridgehead atoms. The molecule has 6 atom stereocenters. The smallest absolute Gasteiger partial charge is 0.244 e. The molecule has 0 aliphatic carbocycles. The maximum Gasteiger partial charge on any atom is 0.244 e. The molecule has 0 aromatic rings. The largest absolute Gasteiger partial charge is 0.394 e. The van der Waals surface area contributed by atoms with Crippen LogP contribution >= 0.6 is 11.8 Å². The summed E-state index contributed by atoms with van der Waals surface area (Å²) in [6.45, 7) is 14.8. The standard InChI is InChI=1S/C25H43N3O4S/c1-8-12-26-20(30)17-16-10-11-25(33-16)18(17)22(32)28(15(9-2)13-29)19(25)21(31)27-24(6,7)14-23(3,4)5/h15-19,29H,8-14H2,1-7H3,(H,26,30)(H,27,31)/t15-,16+,17-,18-,19?,25?/m0/s1. The summed E-state index contributed by atoms with van der Waals surface area (Å²) in [5.41, 5.74) is -0.415. The second-order valence-electron chi connectivity index (χ2n) is 11.9. The molecule has 3 heterocycles. The topological polar surface area (TPSA) is 98.7 Å². The Kier molecular flexibility index (Phi) is 7.50. The predicted octanol–water partition coefficient (Wildman–Crippen LogP) is 2.71. The summed E-state index contributed by atoms with van der Waals surface area (Å²) < 4.78 is -0.611. The molecule has 3 N–H and O–H groups in total. The number of carbonyl (C=O) groups excluding carboxylic acids is 3. The number of aliphatic hydroxyl groups is 1. The van der Waals surface area contributed by atoms with Crippen molar-refractivity contribution >= 4 is 29.5 Å². The van der Waals surface area contributed by atoms with E-state index < -0.39 is 34.2 Å². The molecule has 1 spiro atoms. The van der Waals surface area contributed by atoms with Gasteiger partial charge in [-0.2, -0.15) is 0 Å². The minimum atomic E-state index is -0.676. The number of hydrogen-bond acceptors (Lipinski definition) is 5. The minimum Gasteiger partial charge on any atom is -0.394 e. The van der Waals surface area contributed by atoms with Crippen molar-refractivity contribution in [1.29, 1.82) is 0 Å². The van der Waals surface area contributed by atoms with Crippen molar-refractivity contribution in [3.05, 3.63) is 0 Å². The maximum absolute atomic E-state index is 13.9. The van der Waals surface area contributed by atoms with E-state index >= 15 is 0 Å². The first-order valence-corrected chi connectivity index (χ1v) is 13.4. The van der Waals surface area contributed by atoms with E-state index in [1.54, 1.807) is 16.7 Å². The molecular weight excluding hydrogens is 438 g/mol. The Morgan fingerprint density at radius 3 is 2.42 bits per heavy atom. The fourth-order valence-electron chi connectivity index (χ4n) is 6.64. The average Bonchev–Trinajstić information content (AvgIpc) is 3.32. The van der Waals surface area contributed by atoms with E-state index in [4.69, 9.17) is 0 Å². The number of nitrogens with zero attached hydrogens (tertiary/aromatic N) is 1. The second kappa shape index (κ2) is 9.40. The van der Waals surface area contributed by atoms with Gasteiger partial charge in [0.15, 0.2) is 0 Å². The Labute approximate surface area is 203 Å². The predicted molar refractivity (Wildman–Crippen MR) is 132 cm³/mol. The molecule has 3 amide bonds. The van der Waals surface area contributed by atoms with Crippen LogP contribution in [0.15, 0.2) is 0 Å². The van der Waals surface area contributed by atoms with Gasteiger partial charge in [0.25, 0.3) is 0 Å². The van der Waals surface area contributed by atoms with Crippen LogP contribution < -0.4 is 10.6 Å². The van der Waals surface area contributed by atoms with Gasteiger partial charge < -0.3 is 20.6 Å². The molecule has 8 heteroatoms. The molecule has 3 aliphatic heterocycles. The van der Waals surface area contributed by atoms with E-state index in [1.165, 1.54) is 0 Å². The molecule has 0 radical (unpaired) electrons. The first-order chi connectivity index (χ1) is 15.3. The summed E-state index contributed by atoms with van der Waals surface area (Å²) in [6.07, 6.45) is 3.76. The first-order valence-electron chi connectivity index (χ1n) is 12.5. The maximum atomic E-state index is 13.9. The number of thioether (sulfide) groups is 1. The van der Waals surface area contributed by atoms with Gasteiger partial charge in [0.05, 0.1) is 29.2 Å². The third-order valence-corrected chi connectivity index (χ3v) is 9.30. The van der Waals surface area contributed by atoms with Gasteiger partial charge in [-0.25, -0.2) is 0 Å². The van der Waals surface area contributed by atoms with Gasteiger partial charge >= 0.3 is 0 Å². The number of amides is 3. The lowest BCUT2D eigenvalue weighted by molar-refractivity contribution is -0.143. The Morgan fingerprint density at radius 2 is 1.88 bits per heavy atom. The van der Waals surface area contributed by atoms with E-state index in [0.717, 1.165) is 25.7 Å². The van der Waals surface area contributed by atoms with Gasteiger partial charge in [-0.15, -0.1) is 11.8 Å².